The second kappa shape index (κ2) is 5.02. The highest BCUT2D eigenvalue weighted by Crippen LogP contribution is 2.22. The SMILES string of the molecule is Cc1[nH]nc(C(=O)O)c1S(=O)(=O)N(C)Cc1ncn[nH]1. The number of hydrogen-bond donors (Lipinski definition) is 3. The molecule has 2 rings (SSSR count). The molecule has 0 aliphatic rings. The third-order valence-corrected chi connectivity index (χ3v) is 4.56. The summed E-state index contributed by atoms with van der Waals surface area (Å²) >= 11 is 0. The maximum Gasteiger partial charge on any atom is 0.357 e. The molecule has 0 aliphatic carbocycles. The van der Waals surface area contributed by atoms with Crippen LogP contribution < -0.4 is 0 Å². The number of aromatic nitrogens is 5. The van der Waals surface area contributed by atoms with Gasteiger partial charge < -0.3 is 5.11 Å². The molecule has 0 unspecified atom stereocenters. The molecule has 0 fully saturated rings. The molecule has 0 saturated carbocycles. The van der Waals surface area contributed by atoms with Crippen LogP contribution in [0.2, 0.25) is 0 Å². The standard InChI is InChI=1S/C9H12N6O4S/c1-5-8(7(9(16)17)14-12-5)20(18,19)15(2)3-6-10-4-11-13-6/h4H,3H2,1-2H3,(H,12,14)(H,16,17)(H,10,11,13). The lowest BCUT2D eigenvalue weighted by Crippen LogP contribution is -2.28. The Kier molecular flexibility index (Phi) is 3.55. The first-order valence-corrected chi connectivity index (χ1v) is 6.87. The number of aromatic amines is 2. The van der Waals surface area contributed by atoms with Gasteiger partial charge in [0, 0.05) is 7.05 Å². The Morgan fingerprint density at radius 2 is 2.15 bits per heavy atom. The summed E-state index contributed by atoms with van der Waals surface area (Å²) in [5.41, 5.74) is -0.376. The van der Waals surface area contributed by atoms with Crippen LogP contribution in [0, 0.1) is 6.92 Å². The van der Waals surface area contributed by atoms with E-state index in [9.17, 15) is 13.2 Å². The highest BCUT2D eigenvalue weighted by Gasteiger charge is 2.31. The second-order valence-corrected chi connectivity index (χ2v) is 6.01. The van der Waals surface area contributed by atoms with E-state index in [1.165, 1.54) is 20.3 Å². The van der Waals surface area contributed by atoms with Crippen LogP contribution in [0.4, 0.5) is 0 Å². The number of rotatable bonds is 5. The van der Waals surface area contributed by atoms with Gasteiger partial charge in [-0.25, -0.2) is 18.2 Å². The van der Waals surface area contributed by atoms with Crippen LogP contribution >= 0.6 is 0 Å². The number of hydrogen-bond acceptors (Lipinski definition) is 6. The monoisotopic (exact) mass is 300 g/mol. The first kappa shape index (κ1) is 14.1. The van der Waals surface area contributed by atoms with Crippen molar-refractivity contribution in [2.24, 2.45) is 0 Å². The van der Waals surface area contributed by atoms with Crippen LogP contribution in [0.1, 0.15) is 22.0 Å². The van der Waals surface area contributed by atoms with Crippen molar-refractivity contribution in [2.45, 2.75) is 18.4 Å². The molecule has 0 radical (unpaired) electrons. The molecule has 2 aromatic rings. The fourth-order valence-electron chi connectivity index (χ4n) is 1.64. The largest absolute Gasteiger partial charge is 0.476 e. The van der Waals surface area contributed by atoms with E-state index in [0.29, 0.717) is 5.82 Å². The van der Waals surface area contributed by atoms with Crippen LogP contribution in [0.15, 0.2) is 11.2 Å². The summed E-state index contributed by atoms with van der Waals surface area (Å²) in [6.45, 7) is 1.38. The number of nitrogens with zero attached hydrogens (tertiary/aromatic N) is 4. The van der Waals surface area contributed by atoms with Gasteiger partial charge in [0.1, 0.15) is 17.0 Å². The Labute approximate surface area is 113 Å². The Morgan fingerprint density at radius 1 is 1.45 bits per heavy atom. The van der Waals surface area contributed by atoms with Gasteiger partial charge in [-0.1, -0.05) is 0 Å². The molecule has 20 heavy (non-hydrogen) atoms. The Balaban J connectivity index is 2.40. The zero-order chi connectivity index (χ0) is 14.9. The number of carbonyl (C=O) groups is 1. The maximum absolute atomic E-state index is 12.4. The van der Waals surface area contributed by atoms with Gasteiger partial charge in [0.25, 0.3) is 0 Å². The van der Waals surface area contributed by atoms with Crippen molar-refractivity contribution >= 4 is 16.0 Å². The van der Waals surface area contributed by atoms with Crippen molar-refractivity contribution in [3.8, 4) is 0 Å². The lowest BCUT2D eigenvalue weighted by atomic mass is 10.4. The van der Waals surface area contributed by atoms with Gasteiger partial charge in [0.05, 0.1) is 12.2 Å². The van der Waals surface area contributed by atoms with Crippen molar-refractivity contribution in [3.63, 3.8) is 0 Å². The van der Waals surface area contributed by atoms with E-state index in [1.807, 2.05) is 0 Å². The summed E-state index contributed by atoms with van der Waals surface area (Å²) in [5.74, 6) is -1.07. The van der Waals surface area contributed by atoms with Gasteiger partial charge >= 0.3 is 5.97 Å². The third kappa shape index (κ3) is 2.40. The predicted octanol–water partition coefficient (Wildman–Crippen LogP) is -0.645. The Bertz CT molecular complexity index is 720. The van der Waals surface area contributed by atoms with Crippen LogP contribution in [-0.2, 0) is 16.6 Å². The minimum absolute atomic E-state index is 0.0635. The number of sulfonamides is 1. The van der Waals surface area contributed by atoms with E-state index >= 15 is 0 Å². The molecule has 0 atom stereocenters. The molecule has 108 valence electrons. The lowest BCUT2D eigenvalue weighted by Gasteiger charge is -2.15. The summed E-state index contributed by atoms with van der Waals surface area (Å²) in [6.07, 6.45) is 1.25. The number of carboxylic acids is 1. The van der Waals surface area contributed by atoms with E-state index < -0.39 is 21.7 Å². The first-order valence-electron chi connectivity index (χ1n) is 5.43. The number of aryl methyl sites for hydroxylation is 1. The molecule has 0 bridgehead atoms. The van der Waals surface area contributed by atoms with Gasteiger partial charge in [-0.15, -0.1) is 0 Å². The molecule has 2 heterocycles. The number of nitrogens with one attached hydrogen (secondary N) is 2. The molecular formula is C9H12N6O4S. The van der Waals surface area contributed by atoms with Gasteiger partial charge in [0.15, 0.2) is 5.69 Å². The van der Waals surface area contributed by atoms with Crippen LogP contribution in [0.3, 0.4) is 0 Å². The van der Waals surface area contributed by atoms with Crippen LogP contribution in [0.5, 0.6) is 0 Å². The second-order valence-electron chi connectivity index (χ2n) is 4.02. The van der Waals surface area contributed by atoms with Gasteiger partial charge in [-0.05, 0) is 6.92 Å². The highest BCUT2D eigenvalue weighted by atomic mass is 32.2. The Hall–Kier alpha value is -2.27. The maximum atomic E-state index is 12.4. The zero-order valence-electron chi connectivity index (χ0n) is 10.7. The van der Waals surface area contributed by atoms with Crippen molar-refractivity contribution < 1.29 is 18.3 Å². The molecule has 3 N–H and O–H groups in total. The van der Waals surface area contributed by atoms with Crippen molar-refractivity contribution in [1.82, 2.24) is 29.7 Å². The molecule has 0 aliphatic heterocycles. The smallest absolute Gasteiger partial charge is 0.357 e. The zero-order valence-corrected chi connectivity index (χ0v) is 11.5. The van der Waals surface area contributed by atoms with Crippen LogP contribution in [0.25, 0.3) is 0 Å². The minimum Gasteiger partial charge on any atom is -0.476 e. The molecule has 0 amide bonds. The fourth-order valence-corrected chi connectivity index (χ4v) is 3.05. The number of aromatic carboxylic acids is 1. The van der Waals surface area contributed by atoms with Crippen molar-refractivity contribution in [3.05, 3.63) is 23.5 Å². The Morgan fingerprint density at radius 3 is 2.70 bits per heavy atom. The summed E-state index contributed by atoms with van der Waals surface area (Å²) < 4.78 is 25.8. The molecule has 0 spiro atoms. The lowest BCUT2D eigenvalue weighted by molar-refractivity contribution is 0.0686. The summed E-state index contributed by atoms with van der Waals surface area (Å²) in [6, 6.07) is 0. The van der Waals surface area contributed by atoms with Crippen molar-refractivity contribution in [1.29, 1.82) is 0 Å². The third-order valence-electron chi connectivity index (χ3n) is 2.60. The van der Waals surface area contributed by atoms with E-state index in [2.05, 4.69) is 25.4 Å². The molecule has 0 saturated heterocycles. The van der Waals surface area contributed by atoms with E-state index in [-0.39, 0.29) is 17.1 Å². The molecular weight excluding hydrogens is 288 g/mol. The van der Waals surface area contributed by atoms with Gasteiger partial charge in [-0.2, -0.15) is 14.5 Å². The summed E-state index contributed by atoms with van der Waals surface area (Å²) in [4.78, 5) is 14.5. The molecule has 11 heteroatoms. The first-order chi connectivity index (χ1) is 9.34. The molecule has 2 aromatic heterocycles. The fraction of sp³-hybridized carbons (Fsp3) is 0.333. The van der Waals surface area contributed by atoms with Crippen molar-refractivity contribution in [2.75, 3.05) is 7.05 Å². The topological polar surface area (TPSA) is 145 Å². The minimum atomic E-state index is -4.01. The van der Waals surface area contributed by atoms with Gasteiger partial charge in [-0.3, -0.25) is 10.2 Å². The summed E-state index contributed by atoms with van der Waals surface area (Å²) in [5, 5.41) is 21.0. The number of H-pyrrole nitrogens is 2. The normalized spacial score (nSPS) is 11.9. The predicted molar refractivity (Wildman–Crippen MR) is 65.3 cm³/mol. The van der Waals surface area contributed by atoms with E-state index in [0.717, 1.165) is 4.31 Å². The highest BCUT2D eigenvalue weighted by molar-refractivity contribution is 7.89. The number of carboxylic acid groups (broad SMARTS) is 1. The van der Waals surface area contributed by atoms with E-state index in [4.69, 9.17) is 5.11 Å². The molecule has 10 nitrogen and oxygen atoms in total. The van der Waals surface area contributed by atoms with Crippen LogP contribution in [-0.4, -0.2) is 56.2 Å². The summed E-state index contributed by atoms with van der Waals surface area (Å²) in [7, 11) is -2.69. The molecule has 0 aromatic carbocycles. The average molecular weight is 300 g/mol. The van der Waals surface area contributed by atoms with E-state index in [1.54, 1.807) is 0 Å². The average Bonchev–Trinajstić information content (AvgIpc) is 2.98. The van der Waals surface area contributed by atoms with Gasteiger partial charge in [0.2, 0.25) is 10.0 Å². The quantitative estimate of drug-likeness (QED) is 0.665.